The van der Waals surface area contributed by atoms with Crippen LogP contribution in [0.1, 0.15) is 30.9 Å². The number of aromatic nitrogens is 1. The minimum atomic E-state index is 0.503. The first kappa shape index (κ1) is 18.2. The number of likely N-dealkylation sites (N-methyl/N-ethyl adjacent to an activating group) is 1. The van der Waals surface area contributed by atoms with Crippen molar-refractivity contribution in [2.24, 2.45) is 0 Å². The van der Waals surface area contributed by atoms with Gasteiger partial charge in [0.1, 0.15) is 12.4 Å². The molecular weight excluding hydrogens is 334 g/mol. The van der Waals surface area contributed by atoms with Crippen LogP contribution >= 0.6 is 11.6 Å². The summed E-state index contributed by atoms with van der Waals surface area (Å²) in [5.74, 6) is 0.865. The number of pyridine rings is 1. The monoisotopic (exact) mass is 359 g/mol. The largest absolute Gasteiger partial charge is 0.489 e. The molecule has 0 bridgehead atoms. The number of ether oxygens (including phenoxy) is 1. The second kappa shape index (κ2) is 8.65. The molecule has 1 heterocycles. The van der Waals surface area contributed by atoms with Crippen LogP contribution in [0.25, 0.3) is 0 Å². The zero-order valence-electron chi connectivity index (χ0n) is 14.9. The van der Waals surface area contributed by atoms with E-state index in [1.54, 1.807) is 6.20 Å². The standard InChI is InChI=1S/C20H26ClN3O/c1-15(24(2)19-6-7-19)11-23-13-17-10-18(21)5-8-20(17)25-14-16-4-3-9-22-12-16/h3-5,8-10,12,15,19,23H,6-7,11,13-14H2,1-2H3. The average Bonchev–Trinajstić information content (AvgIpc) is 3.46. The van der Waals surface area contributed by atoms with E-state index in [1.165, 1.54) is 12.8 Å². The first-order valence-corrected chi connectivity index (χ1v) is 9.24. The third-order valence-electron chi connectivity index (χ3n) is 4.71. The molecule has 1 N–H and O–H groups in total. The minimum Gasteiger partial charge on any atom is -0.489 e. The molecule has 0 amide bonds. The average molecular weight is 360 g/mol. The van der Waals surface area contributed by atoms with Crippen LogP contribution in [0.15, 0.2) is 42.7 Å². The van der Waals surface area contributed by atoms with Gasteiger partial charge in [-0.3, -0.25) is 9.88 Å². The van der Waals surface area contributed by atoms with Gasteiger partial charge in [0.15, 0.2) is 0 Å². The Morgan fingerprint density at radius 2 is 2.20 bits per heavy atom. The Kier molecular flexibility index (Phi) is 6.29. The van der Waals surface area contributed by atoms with Crippen molar-refractivity contribution in [3.05, 3.63) is 58.9 Å². The Balaban J connectivity index is 1.55. The first-order valence-electron chi connectivity index (χ1n) is 8.86. The molecule has 0 radical (unpaired) electrons. The van der Waals surface area contributed by atoms with Gasteiger partial charge in [-0.15, -0.1) is 0 Å². The Hall–Kier alpha value is -1.62. The highest BCUT2D eigenvalue weighted by Gasteiger charge is 2.28. The lowest BCUT2D eigenvalue weighted by Gasteiger charge is -2.25. The molecule has 1 fully saturated rings. The molecule has 134 valence electrons. The summed E-state index contributed by atoms with van der Waals surface area (Å²) < 4.78 is 5.98. The first-order chi connectivity index (χ1) is 12.1. The maximum atomic E-state index is 6.17. The summed E-state index contributed by atoms with van der Waals surface area (Å²) in [6, 6.07) is 11.0. The van der Waals surface area contributed by atoms with E-state index in [9.17, 15) is 0 Å². The summed E-state index contributed by atoms with van der Waals surface area (Å²) in [6.07, 6.45) is 6.26. The molecule has 1 atom stereocenters. The van der Waals surface area contributed by atoms with Crippen LogP contribution in [0.4, 0.5) is 0 Å². The highest BCUT2D eigenvalue weighted by molar-refractivity contribution is 6.30. The lowest BCUT2D eigenvalue weighted by atomic mass is 10.2. The van der Waals surface area contributed by atoms with Gasteiger partial charge in [0.2, 0.25) is 0 Å². The van der Waals surface area contributed by atoms with Gasteiger partial charge < -0.3 is 10.1 Å². The Labute approximate surface area is 155 Å². The van der Waals surface area contributed by atoms with E-state index < -0.39 is 0 Å². The van der Waals surface area contributed by atoms with Gasteiger partial charge in [-0.25, -0.2) is 0 Å². The molecule has 0 saturated heterocycles. The van der Waals surface area contributed by atoms with Crippen LogP contribution < -0.4 is 10.1 Å². The van der Waals surface area contributed by atoms with Crippen molar-refractivity contribution in [2.75, 3.05) is 13.6 Å². The maximum absolute atomic E-state index is 6.17. The summed E-state index contributed by atoms with van der Waals surface area (Å²) in [4.78, 5) is 6.58. The molecule has 4 nitrogen and oxygen atoms in total. The van der Waals surface area contributed by atoms with Gasteiger partial charge in [-0.1, -0.05) is 17.7 Å². The van der Waals surface area contributed by atoms with E-state index in [0.717, 1.165) is 41.0 Å². The lowest BCUT2D eigenvalue weighted by molar-refractivity contribution is 0.240. The molecule has 25 heavy (non-hydrogen) atoms. The van der Waals surface area contributed by atoms with E-state index in [0.29, 0.717) is 12.6 Å². The Morgan fingerprint density at radius 3 is 2.92 bits per heavy atom. The van der Waals surface area contributed by atoms with Crippen LogP contribution in [0, 0.1) is 0 Å². The van der Waals surface area contributed by atoms with Gasteiger partial charge in [0, 0.05) is 53.7 Å². The maximum Gasteiger partial charge on any atom is 0.124 e. The SMILES string of the molecule is CC(CNCc1cc(Cl)ccc1OCc1cccnc1)N(C)C1CC1. The van der Waals surface area contributed by atoms with Gasteiger partial charge in [0.05, 0.1) is 0 Å². The fraction of sp³-hybridized carbons (Fsp3) is 0.450. The third kappa shape index (κ3) is 5.43. The summed E-state index contributed by atoms with van der Waals surface area (Å²) >= 11 is 6.17. The highest BCUT2D eigenvalue weighted by atomic mass is 35.5. The van der Waals surface area contributed by atoms with Crippen LogP contribution in [0.2, 0.25) is 5.02 Å². The molecule has 0 aliphatic heterocycles. The van der Waals surface area contributed by atoms with Crippen LogP contribution in [-0.2, 0) is 13.2 Å². The predicted octanol–water partition coefficient (Wildman–Crippen LogP) is 3.89. The van der Waals surface area contributed by atoms with E-state index in [2.05, 4.69) is 29.2 Å². The Morgan fingerprint density at radius 1 is 1.36 bits per heavy atom. The molecule has 1 aromatic carbocycles. The van der Waals surface area contributed by atoms with Gasteiger partial charge in [0.25, 0.3) is 0 Å². The van der Waals surface area contributed by atoms with Crippen molar-refractivity contribution >= 4 is 11.6 Å². The second-order valence-electron chi connectivity index (χ2n) is 6.78. The van der Waals surface area contributed by atoms with Crippen molar-refractivity contribution in [1.82, 2.24) is 15.2 Å². The fourth-order valence-corrected chi connectivity index (χ4v) is 3.07. The topological polar surface area (TPSA) is 37.4 Å². The van der Waals surface area contributed by atoms with Crippen molar-refractivity contribution in [2.45, 2.75) is 45.0 Å². The summed E-state index contributed by atoms with van der Waals surface area (Å²) in [6.45, 7) is 4.46. The summed E-state index contributed by atoms with van der Waals surface area (Å²) in [7, 11) is 2.21. The number of rotatable bonds is 9. The quantitative estimate of drug-likeness (QED) is 0.737. The molecule has 1 unspecified atom stereocenters. The highest BCUT2D eigenvalue weighted by Crippen LogP contribution is 2.27. The molecular formula is C20H26ClN3O. The van der Waals surface area contributed by atoms with Crippen molar-refractivity contribution in [3.8, 4) is 5.75 Å². The van der Waals surface area contributed by atoms with Gasteiger partial charge >= 0.3 is 0 Å². The number of hydrogen-bond acceptors (Lipinski definition) is 4. The number of nitrogens with zero attached hydrogens (tertiary/aromatic N) is 2. The second-order valence-corrected chi connectivity index (χ2v) is 7.21. The zero-order chi connectivity index (χ0) is 17.6. The summed E-state index contributed by atoms with van der Waals surface area (Å²) in [5.41, 5.74) is 2.13. The molecule has 1 saturated carbocycles. The van der Waals surface area contributed by atoms with Crippen LogP contribution in [-0.4, -0.2) is 35.6 Å². The molecule has 1 aromatic heterocycles. The number of hydrogen-bond donors (Lipinski definition) is 1. The van der Waals surface area contributed by atoms with E-state index in [1.807, 2.05) is 36.5 Å². The van der Waals surface area contributed by atoms with Crippen molar-refractivity contribution < 1.29 is 4.74 Å². The lowest BCUT2D eigenvalue weighted by Crippen LogP contribution is -2.38. The smallest absolute Gasteiger partial charge is 0.124 e. The molecule has 5 heteroatoms. The van der Waals surface area contributed by atoms with Crippen molar-refractivity contribution in [3.63, 3.8) is 0 Å². The molecule has 0 spiro atoms. The number of halogens is 1. The molecule has 3 rings (SSSR count). The van der Waals surface area contributed by atoms with E-state index >= 15 is 0 Å². The van der Waals surface area contributed by atoms with Gasteiger partial charge in [-0.05, 0) is 51.1 Å². The van der Waals surface area contributed by atoms with Crippen molar-refractivity contribution in [1.29, 1.82) is 0 Å². The fourth-order valence-electron chi connectivity index (χ4n) is 2.87. The molecule has 1 aliphatic carbocycles. The van der Waals surface area contributed by atoms with Crippen LogP contribution in [0.3, 0.4) is 0 Å². The third-order valence-corrected chi connectivity index (χ3v) is 4.95. The Bertz CT molecular complexity index is 676. The summed E-state index contributed by atoms with van der Waals surface area (Å²) in [5, 5.41) is 4.27. The number of benzene rings is 1. The van der Waals surface area contributed by atoms with E-state index in [-0.39, 0.29) is 0 Å². The minimum absolute atomic E-state index is 0.503. The normalized spacial score (nSPS) is 15.4. The predicted molar refractivity (Wildman–Crippen MR) is 102 cm³/mol. The number of nitrogens with one attached hydrogen (secondary N) is 1. The molecule has 2 aromatic rings. The van der Waals surface area contributed by atoms with Gasteiger partial charge in [-0.2, -0.15) is 0 Å². The van der Waals surface area contributed by atoms with E-state index in [4.69, 9.17) is 16.3 Å². The molecule has 1 aliphatic rings. The zero-order valence-corrected chi connectivity index (χ0v) is 15.7. The van der Waals surface area contributed by atoms with Crippen LogP contribution in [0.5, 0.6) is 5.75 Å².